The standard InChI is InChI=1S/C10H16N2O3/c1-6-4-7(2-3-15-6)11-8-5-9(13)12-10(8)14/h6-8,11H,2-5H2,1H3,(H,12,13,14). The molecule has 2 aliphatic heterocycles. The molecule has 0 aromatic heterocycles. The van der Waals surface area contributed by atoms with Crippen LogP contribution in [0.1, 0.15) is 26.2 Å². The summed E-state index contributed by atoms with van der Waals surface area (Å²) in [4.78, 5) is 22.3. The highest BCUT2D eigenvalue weighted by Gasteiger charge is 2.33. The summed E-state index contributed by atoms with van der Waals surface area (Å²) in [5.41, 5.74) is 0. The monoisotopic (exact) mass is 212 g/mol. The van der Waals surface area contributed by atoms with Crippen LogP contribution < -0.4 is 10.6 Å². The van der Waals surface area contributed by atoms with Gasteiger partial charge in [0.1, 0.15) is 0 Å². The van der Waals surface area contributed by atoms with Crippen molar-refractivity contribution in [2.24, 2.45) is 0 Å². The van der Waals surface area contributed by atoms with Gasteiger partial charge in [-0.2, -0.15) is 0 Å². The molecular weight excluding hydrogens is 196 g/mol. The van der Waals surface area contributed by atoms with Gasteiger partial charge in [0.05, 0.1) is 18.6 Å². The number of amides is 2. The zero-order valence-corrected chi connectivity index (χ0v) is 8.79. The first-order valence-corrected chi connectivity index (χ1v) is 5.36. The van der Waals surface area contributed by atoms with Crippen molar-refractivity contribution in [1.82, 2.24) is 10.6 Å². The fraction of sp³-hybridized carbons (Fsp3) is 0.800. The Balaban J connectivity index is 1.86. The maximum atomic E-state index is 11.3. The van der Waals surface area contributed by atoms with Crippen LogP contribution in [0, 0.1) is 0 Å². The van der Waals surface area contributed by atoms with E-state index in [1.165, 1.54) is 0 Å². The first-order valence-electron chi connectivity index (χ1n) is 5.36. The molecular formula is C10H16N2O3. The minimum Gasteiger partial charge on any atom is -0.378 e. The molecule has 0 bridgehead atoms. The normalized spacial score (nSPS) is 36.7. The van der Waals surface area contributed by atoms with E-state index in [-0.39, 0.29) is 36.4 Å². The lowest BCUT2D eigenvalue weighted by atomic mass is 10.0. The first-order chi connectivity index (χ1) is 7.15. The van der Waals surface area contributed by atoms with Crippen molar-refractivity contribution >= 4 is 11.8 Å². The third kappa shape index (κ3) is 2.54. The lowest BCUT2D eigenvalue weighted by Gasteiger charge is -2.29. The highest BCUT2D eigenvalue weighted by molar-refractivity contribution is 6.05. The minimum atomic E-state index is -0.340. The fourth-order valence-electron chi connectivity index (χ4n) is 2.12. The van der Waals surface area contributed by atoms with Crippen LogP contribution in [0.4, 0.5) is 0 Å². The van der Waals surface area contributed by atoms with Crippen LogP contribution in [-0.2, 0) is 14.3 Å². The molecule has 0 spiro atoms. The Morgan fingerprint density at radius 2 is 2.27 bits per heavy atom. The van der Waals surface area contributed by atoms with E-state index in [0.29, 0.717) is 0 Å². The predicted octanol–water partition coefficient (Wildman–Crippen LogP) is -0.441. The van der Waals surface area contributed by atoms with Gasteiger partial charge in [-0.3, -0.25) is 14.9 Å². The van der Waals surface area contributed by atoms with Gasteiger partial charge in [-0.15, -0.1) is 0 Å². The quantitative estimate of drug-likeness (QED) is 0.609. The topological polar surface area (TPSA) is 67.4 Å². The summed E-state index contributed by atoms with van der Waals surface area (Å²) in [6.07, 6.45) is 2.31. The summed E-state index contributed by atoms with van der Waals surface area (Å²) < 4.78 is 5.41. The number of hydrogen-bond donors (Lipinski definition) is 2. The van der Waals surface area contributed by atoms with Gasteiger partial charge in [-0.1, -0.05) is 0 Å². The molecule has 3 unspecified atom stereocenters. The molecule has 2 heterocycles. The van der Waals surface area contributed by atoms with Crippen molar-refractivity contribution in [2.45, 2.75) is 44.4 Å². The zero-order valence-electron chi connectivity index (χ0n) is 8.79. The second-order valence-electron chi connectivity index (χ2n) is 4.24. The average Bonchev–Trinajstić information content (AvgIpc) is 2.45. The molecule has 0 radical (unpaired) electrons. The van der Waals surface area contributed by atoms with E-state index in [2.05, 4.69) is 10.6 Å². The van der Waals surface area contributed by atoms with E-state index < -0.39 is 0 Å². The third-order valence-electron chi connectivity index (χ3n) is 2.89. The molecule has 2 amide bonds. The second kappa shape index (κ2) is 4.28. The Labute approximate surface area is 88.5 Å². The van der Waals surface area contributed by atoms with Crippen LogP contribution in [0.3, 0.4) is 0 Å². The molecule has 5 nitrogen and oxygen atoms in total. The van der Waals surface area contributed by atoms with E-state index in [0.717, 1.165) is 19.4 Å². The van der Waals surface area contributed by atoms with Crippen LogP contribution in [0.25, 0.3) is 0 Å². The van der Waals surface area contributed by atoms with E-state index in [1.54, 1.807) is 0 Å². The summed E-state index contributed by atoms with van der Waals surface area (Å²) in [5.74, 6) is -0.378. The molecule has 0 saturated carbocycles. The summed E-state index contributed by atoms with van der Waals surface area (Å²) in [5, 5.41) is 5.51. The molecule has 2 fully saturated rings. The van der Waals surface area contributed by atoms with Crippen molar-refractivity contribution in [2.75, 3.05) is 6.61 Å². The number of carbonyl (C=O) groups excluding carboxylic acids is 2. The molecule has 3 atom stereocenters. The van der Waals surface area contributed by atoms with Crippen molar-refractivity contribution < 1.29 is 14.3 Å². The summed E-state index contributed by atoms with van der Waals surface area (Å²) >= 11 is 0. The van der Waals surface area contributed by atoms with Gasteiger partial charge in [-0.05, 0) is 19.8 Å². The number of nitrogens with one attached hydrogen (secondary N) is 2. The second-order valence-corrected chi connectivity index (χ2v) is 4.24. The smallest absolute Gasteiger partial charge is 0.244 e. The van der Waals surface area contributed by atoms with Crippen LogP contribution in [0.5, 0.6) is 0 Å². The minimum absolute atomic E-state index is 0.183. The maximum Gasteiger partial charge on any atom is 0.244 e. The largest absolute Gasteiger partial charge is 0.378 e. The average molecular weight is 212 g/mol. The summed E-state index contributed by atoms with van der Waals surface area (Å²) in [7, 11) is 0. The Morgan fingerprint density at radius 1 is 1.47 bits per heavy atom. The van der Waals surface area contributed by atoms with Gasteiger partial charge in [0, 0.05) is 12.6 Å². The summed E-state index contributed by atoms with van der Waals surface area (Å²) in [6.45, 7) is 2.74. The van der Waals surface area contributed by atoms with E-state index in [1.807, 2.05) is 6.92 Å². The van der Waals surface area contributed by atoms with Gasteiger partial charge in [-0.25, -0.2) is 0 Å². The Morgan fingerprint density at radius 3 is 2.87 bits per heavy atom. The Kier molecular flexibility index (Phi) is 3.02. The number of rotatable bonds is 2. The number of carbonyl (C=O) groups is 2. The van der Waals surface area contributed by atoms with Crippen LogP contribution in [0.15, 0.2) is 0 Å². The molecule has 5 heteroatoms. The molecule has 2 N–H and O–H groups in total. The van der Waals surface area contributed by atoms with E-state index in [9.17, 15) is 9.59 Å². The maximum absolute atomic E-state index is 11.3. The molecule has 0 aromatic rings. The fourth-order valence-corrected chi connectivity index (χ4v) is 2.12. The highest BCUT2D eigenvalue weighted by atomic mass is 16.5. The number of imide groups is 1. The van der Waals surface area contributed by atoms with Crippen LogP contribution >= 0.6 is 0 Å². The van der Waals surface area contributed by atoms with Crippen LogP contribution in [-0.4, -0.2) is 36.6 Å². The van der Waals surface area contributed by atoms with Crippen molar-refractivity contribution in [3.05, 3.63) is 0 Å². The first kappa shape index (κ1) is 10.6. The molecule has 15 heavy (non-hydrogen) atoms. The molecule has 2 rings (SSSR count). The van der Waals surface area contributed by atoms with Crippen molar-refractivity contribution in [1.29, 1.82) is 0 Å². The Hall–Kier alpha value is -0.940. The van der Waals surface area contributed by atoms with E-state index >= 15 is 0 Å². The number of ether oxygens (including phenoxy) is 1. The summed E-state index contributed by atoms with van der Waals surface area (Å²) in [6, 6.07) is -0.0526. The third-order valence-corrected chi connectivity index (χ3v) is 2.89. The lowest BCUT2D eigenvalue weighted by Crippen LogP contribution is -2.46. The molecule has 84 valence electrons. The predicted molar refractivity (Wildman–Crippen MR) is 53.1 cm³/mol. The SMILES string of the molecule is CC1CC(NC2CC(=O)NC2=O)CCO1. The number of hydrogen-bond acceptors (Lipinski definition) is 4. The molecule has 2 saturated heterocycles. The lowest BCUT2D eigenvalue weighted by molar-refractivity contribution is -0.125. The zero-order chi connectivity index (χ0) is 10.8. The van der Waals surface area contributed by atoms with Gasteiger partial charge in [0.2, 0.25) is 11.8 Å². The molecule has 2 aliphatic rings. The van der Waals surface area contributed by atoms with Gasteiger partial charge in [0.15, 0.2) is 0 Å². The molecule has 0 aliphatic carbocycles. The Bertz CT molecular complexity index is 280. The van der Waals surface area contributed by atoms with Gasteiger partial charge >= 0.3 is 0 Å². The van der Waals surface area contributed by atoms with Crippen molar-refractivity contribution in [3.8, 4) is 0 Å². The van der Waals surface area contributed by atoms with Crippen LogP contribution in [0.2, 0.25) is 0 Å². The highest BCUT2D eigenvalue weighted by Crippen LogP contribution is 2.15. The van der Waals surface area contributed by atoms with Gasteiger partial charge in [0.25, 0.3) is 0 Å². The van der Waals surface area contributed by atoms with Gasteiger partial charge < -0.3 is 10.1 Å². The molecule has 0 aromatic carbocycles. The van der Waals surface area contributed by atoms with Crippen molar-refractivity contribution in [3.63, 3.8) is 0 Å². The van der Waals surface area contributed by atoms with E-state index in [4.69, 9.17) is 4.74 Å².